The lowest BCUT2D eigenvalue weighted by Gasteiger charge is -2.22. The zero-order valence-electron chi connectivity index (χ0n) is 13.4. The molecule has 1 atom stereocenters. The lowest BCUT2D eigenvalue weighted by atomic mass is 10.0. The highest BCUT2D eigenvalue weighted by molar-refractivity contribution is 5.61. The molecule has 8 heteroatoms. The molecule has 0 spiro atoms. The first-order valence-corrected chi connectivity index (χ1v) is 7.76. The van der Waals surface area contributed by atoms with Crippen molar-refractivity contribution in [2.24, 2.45) is 0 Å². The van der Waals surface area contributed by atoms with Gasteiger partial charge in [0.05, 0.1) is 0 Å². The molecule has 1 fully saturated rings. The molecule has 1 aromatic heterocycles. The van der Waals surface area contributed by atoms with Crippen LogP contribution < -0.4 is 21.7 Å². The molecule has 128 valence electrons. The average molecular weight is 334 g/mol. The van der Waals surface area contributed by atoms with Gasteiger partial charge in [-0.2, -0.15) is 9.97 Å². The Labute approximate surface area is 138 Å². The number of halogens is 2. The predicted octanol–water partition coefficient (Wildman–Crippen LogP) is 1.31. The molecule has 3 rings (SSSR count). The van der Waals surface area contributed by atoms with E-state index in [1.807, 2.05) is 7.05 Å². The largest absolute Gasteiger partial charge is 0.383 e. The number of nitrogens with zero attached hydrogens (tertiary/aromatic N) is 3. The van der Waals surface area contributed by atoms with Gasteiger partial charge >= 0.3 is 0 Å². The summed E-state index contributed by atoms with van der Waals surface area (Å²) in [7, 11) is 1.91. The van der Waals surface area contributed by atoms with Crippen LogP contribution in [0.3, 0.4) is 0 Å². The Morgan fingerprint density at radius 3 is 2.75 bits per heavy atom. The van der Waals surface area contributed by atoms with Gasteiger partial charge in [-0.1, -0.05) is 6.07 Å². The van der Waals surface area contributed by atoms with Crippen LogP contribution in [0.2, 0.25) is 0 Å². The molecule has 5 N–H and O–H groups in total. The fraction of sp³-hybridized carbons (Fsp3) is 0.375. The van der Waals surface area contributed by atoms with E-state index in [1.54, 1.807) is 0 Å². The maximum Gasteiger partial charge on any atom is 0.223 e. The summed E-state index contributed by atoms with van der Waals surface area (Å²) >= 11 is 0. The molecule has 24 heavy (non-hydrogen) atoms. The Kier molecular flexibility index (Phi) is 4.48. The number of anilines is 3. The highest BCUT2D eigenvalue weighted by Crippen LogP contribution is 2.29. The summed E-state index contributed by atoms with van der Waals surface area (Å²) < 4.78 is 27.1. The van der Waals surface area contributed by atoms with Gasteiger partial charge in [0.2, 0.25) is 5.95 Å². The van der Waals surface area contributed by atoms with Crippen molar-refractivity contribution >= 4 is 17.6 Å². The molecule has 1 aliphatic rings. The highest BCUT2D eigenvalue weighted by atomic mass is 19.1. The minimum atomic E-state index is -0.619. The highest BCUT2D eigenvalue weighted by Gasteiger charge is 2.26. The number of likely N-dealkylation sites (N-methyl/N-ethyl adjacent to an activating group) is 1. The Hall–Kier alpha value is -2.48. The van der Waals surface area contributed by atoms with Crippen LogP contribution in [0.4, 0.5) is 26.4 Å². The van der Waals surface area contributed by atoms with Crippen LogP contribution >= 0.6 is 0 Å². The number of hydrogen-bond acceptors (Lipinski definition) is 6. The van der Waals surface area contributed by atoms with Crippen molar-refractivity contribution < 1.29 is 8.78 Å². The van der Waals surface area contributed by atoms with E-state index < -0.39 is 11.6 Å². The predicted molar refractivity (Wildman–Crippen MR) is 89.7 cm³/mol. The molecule has 0 aliphatic carbocycles. The smallest absolute Gasteiger partial charge is 0.223 e. The average Bonchev–Trinajstić information content (AvgIpc) is 3.00. The minimum absolute atomic E-state index is 0.0822. The van der Waals surface area contributed by atoms with E-state index in [-0.39, 0.29) is 18.2 Å². The summed E-state index contributed by atoms with van der Waals surface area (Å²) in [5.41, 5.74) is 12.7. The van der Waals surface area contributed by atoms with E-state index in [1.165, 1.54) is 12.1 Å². The molecule has 6 nitrogen and oxygen atoms in total. The topological polar surface area (TPSA) is 93.1 Å². The molecule has 0 bridgehead atoms. The number of nitrogens with one attached hydrogen (secondary N) is 1. The normalized spacial score (nSPS) is 17.5. The quantitative estimate of drug-likeness (QED) is 0.781. The third-order valence-electron chi connectivity index (χ3n) is 4.31. The molecular weight excluding hydrogens is 314 g/mol. The molecule has 0 amide bonds. The van der Waals surface area contributed by atoms with Gasteiger partial charge in [0.15, 0.2) is 0 Å². The number of nitrogens with two attached hydrogens (primary N) is 2. The summed E-state index contributed by atoms with van der Waals surface area (Å²) in [5.74, 6) is -0.324. The number of benzene rings is 1. The van der Waals surface area contributed by atoms with Gasteiger partial charge in [-0.05, 0) is 25.1 Å². The van der Waals surface area contributed by atoms with E-state index >= 15 is 0 Å². The van der Waals surface area contributed by atoms with Crippen molar-refractivity contribution in [3.8, 4) is 0 Å². The monoisotopic (exact) mass is 334 g/mol. The van der Waals surface area contributed by atoms with Crippen LogP contribution in [0.1, 0.15) is 17.5 Å². The first-order chi connectivity index (χ1) is 11.5. The van der Waals surface area contributed by atoms with Crippen molar-refractivity contribution in [2.45, 2.75) is 18.9 Å². The van der Waals surface area contributed by atoms with Crippen molar-refractivity contribution in [2.75, 3.05) is 36.5 Å². The minimum Gasteiger partial charge on any atom is -0.383 e. The summed E-state index contributed by atoms with van der Waals surface area (Å²) in [6.07, 6.45) is 1.14. The van der Waals surface area contributed by atoms with E-state index in [0.29, 0.717) is 23.0 Å². The first kappa shape index (κ1) is 16.4. The summed E-state index contributed by atoms with van der Waals surface area (Å²) in [6, 6.07) is 3.83. The number of hydrogen-bond donors (Lipinski definition) is 3. The Bertz CT molecular complexity index is 752. The zero-order valence-corrected chi connectivity index (χ0v) is 13.4. The molecule has 2 heterocycles. The van der Waals surface area contributed by atoms with Gasteiger partial charge in [-0.25, -0.2) is 8.78 Å². The fourth-order valence-electron chi connectivity index (χ4n) is 2.98. The zero-order chi connectivity index (χ0) is 17.3. The second-order valence-electron chi connectivity index (χ2n) is 5.90. The third-order valence-corrected chi connectivity index (χ3v) is 4.31. The van der Waals surface area contributed by atoms with E-state index in [9.17, 15) is 8.78 Å². The number of aromatic nitrogens is 2. The van der Waals surface area contributed by atoms with Gasteiger partial charge in [0.1, 0.15) is 23.3 Å². The Morgan fingerprint density at radius 1 is 1.29 bits per heavy atom. The lowest BCUT2D eigenvalue weighted by Crippen LogP contribution is -2.30. The molecular formula is C16H20F2N6. The Balaban J connectivity index is 1.97. The summed E-state index contributed by atoms with van der Waals surface area (Å²) in [6.45, 7) is 1.55. The van der Waals surface area contributed by atoms with Gasteiger partial charge in [-0.3, -0.25) is 0 Å². The van der Waals surface area contributed by atoms with Gasteiger partial charge in [0, 0.05) is 37.2 Å². The van der Waals surface area contributed by atoms with Crippen LogP contribution in [0.5, 0.6) is 0 Å². The van der Waals surface area contributed by atoms with Crippen molar-refractivity contribution in [1.29, 1.82) is 0 Å². The molecule has 2 aromatic rings. The summed E-state index contributed by atoms with van der Waals surface area (Å²) in [5, 5.41) is 3.23. The molecule has 1 aliphatic heterocycles. The maximum atomic E-state index is 14.0. The molecule has 0 saturated carbocycles. The fourth-order valence-corrected chi connectivity index (χ4v) is 2.98. The Morgan fingerprint density at radius 2 is 2.08 bits per heavy atom. The van der Waals surface area contributed by atoms with Crippen LogP contribution in [-0.2, 0) is 6.42 Å². The summed E-state index contributed by atoms with van der Waals surface area (Å²) in [4.78, 5) is 10.4. The standard InChI is InChI=1S/C16H20F2N6/c1-21-11-4-5-24(8-11)15-12(14(19)22-16(20)23-15)6-9-2-3-10(17)7-13(9)18/h2-3,7,11,21H,4-6,8H2,1H3,(H4,19,20,22,23)/t11-/m1/s1. The van der Waals surface area contributed by atoms with E-state index in [2.05, 4.69) is 20.2 Å². The molecule has 0 radical (unpaired) electrons. The van der Waals surface area contributed by atoms with Gasteiger partial charge in [0.25, 0.3) is 0 Å². The van der Waals surface area contributed by atoms with Crippen molar-refractivity contribution in [3.63, 3.8) is 0 Å². The first-order valence-electron chi connectivity index (χ1n) is 7.76. The maximum absolute atomic E-state index is 14.0. The molecule has 1 aromatic carbocycles. The van der Waals surface area contributed by atoms with Gasteiger partial charge in [-0.15, -0.1) is 0 Å². The number of nitrogen functional groups attached to an aromatic ring is 2. The molecule has 1 saturated heterocycles. The lowest BCUT2D eigenvalue weighted by molar-refractivity contribution is 0.574. The number of rotatable bonds is 4. The SMILES string of the molecule is CN[C@@H]1CCN(c2nc(N)nc(N)c2Cc2ccc(F)cc2F)C1. The second-order valence-corrected chi connectivity index (χ2v) is 5.90. The van der Waals surface area contributed by atoms with Crippen LogP contribution in [-0.4, -0.2) is 36.1 Å². The second kappa shape index (κ2) is 6.56. The molecule has 0 unspecified atom stereocenters. The van der Waals surface area contributed by atoms with E-state index in [4.69, 9.17) is 11.5 Å². The van der Waals surface area contributed by atoms with Crippen LogP contribution in [0.15, 0.2) is 18.2 Å². The van der Waals surface area contributed by atoms with E-state index in [0.717, 1.165) is 25.6 Å². The van der Waals surface area contributed by atoms with Crippen molar-refractivity contribution in [1.82, 2.24) is 15.3 Å². The van der Waals surface area contributed by atoms with Crippen LogP contribution in [0.25, 0.3) is 0 Å². The van der Waals surface area contributed by atoms with Crippen LogP contribution in [0, 0.1) is 11.6 Å². The van der Waals surface area contributed by atoms with Crippen molar-refractivity contribution in [3.05, 3.63) is 41.0 Å². The van der Waals surface area contributed by atoms with Gasteiger partial charge < -0.3 is 21.7 Å². The third kappa shape index (κ3) is 3.23.